The van der Waals surface area contributed by atoms with Gasteiger partial charge in [0.2, 0.25) is 5.91 Å². The maximum atomic E-state index is 12.8. The average Bonchev–Trinajstić information content (AvgIpc) is 2.60. The van der Waals surface area contributed by atoms with E-state index in [4.69, 9.17) is 0 Å². The van der Waals surface area contributed by atoms with E-state index in [1.807, 2.05) is 12.1 Å². The van der Waals surface area contributed by atoms with E-state index in [1.54, 1.807) is 54.6 Å². The minimum Gasteiger partial charge on any atom is -0.479 e. The van der Waals surface area contributed by atoms with Crippen LogP contribution >= 0.6 is 0 Å². The molecular weight excluding hydrogens is 302 g/mol. The van der Waals surface area contributed by atoms with E-state index >= 15 is 0 Å². The van der Waals surface area contributed by atoms with Crippen LogP contribution < -0.4 is 4.90 Å². The zero-order chi connectivity index (χ0) is 17.4. The number of para-hydroxylation sites is 1. The van der Waals surface area contributed by atoms with Gasteiger partial charge in [0.1, 0.15) is 0 Å². The van der Waals surface area contributed by atoms with E-state index in [9.17, 15) is 14.7 Å². The molecule has 0 fully saturated rings. The first kappa shape index (κ1) is 17.5. The number of carboxylic acid groups (broad SMARTS) is 1. The first-order chi connectivity index (χ1) is 11.6. The van der Waals surface area contributed by atoms with Gasteiger partial charge in [-0.3, -0.25) is 9.69 Å². The molecular formula is C20H21NO3. The molecule has 0 bridgehead atoms. The Balaban J connectivity index is 2.41. The van der Waals surface area contributed by atoms with Crippen molar-refractivity contribution in [2.24, 2.45) is 0 Å². The van der Waals surface area contributed by atoms with Crippen LogP contribution in [-0.2, 0) is 9.59 Å². The monoisotopic (exact) mass is 323 g/mol. The summed E-state index contributed by atoms with van der Waals surface area (Å²) in [5.41, 5.74) is 1.16. The number of hydrogen-bond acceptors (Lipinski definition) is 2. The highest BCUT2D eigenvalue weighted by molar-refractivity contribution is 5.99. The third-order valence-electron chi connectivity index (χ3n) is 3.71. The van der Waals surface area contributed by atoms with Crippen LogP contribution in [0.1, 0.15) is 30.9 Å². The third-order valence-corrected chi connectivity index (χ3v) is 3.71. The van der Waals surface area contributed by atoms with Gasteiger partial charge in [-0.15, -0.1) is 6.58 Å². The fourth-order valence-corrected chi connectivity index (χ4v) is 2.58. The molecule has 0 aromatic heterocycles. The molecule has 2 rings (SSSR count). The first-order valence-corrected chi connectivity index (χ1v) is 7.91. The van der Waals surface area contributed by atoms with Crippen molar-refractivity contribution in [3.63, 3.8) is 0 Å². The van der Waals surface area contributed by atoms with Crippen molar-refractivity contribution in [3.05, 3.63) is 78.9 Å². The van der Waals surface area contributed by atoms with Crippen molar-refractivity contribution < 1.29 is 14.7 Å². The van der Waals surface area contributed by atoms with E-state index < -0.39 is 12.0 Å². The van der Waals surface area contributed by atoms with Gasteiger partial charge < -0.3 is 5.11 Å². The first-order valence-electron chi connectivity index (χ1n) is 7.91. The van der Waals surface area contributed by atoms with E-state index in [0.717, 1.165) is 6.42 Å². The number of aliphatic carboxylic acids is 1. The number of carbonyl (C=O) groups is 2. The molecule has 4 nitrogen and oxygen atoms in total. The normalized spacial score (nSPS) is 11.5. The van der Waals surface area contributed by atoms with Crippen LogP contribution in [0.15, 0.2) is 73.3 Å². The average molecular weight is 323 g/mol. The van der Waals surface area contributed by atoms with Gasteiger partial charge >= 0.3 is 5.97 Å². The molecule has 2 aromatic carbocycles. The number of unbranched alkanes of at least 4 members (excludes halogenated alkanes) is 1. The fourth-order valence-electron chi connectivity index (χ4n) is 2.58. The van der Waals surface area contributed by atoms with Crippen LogP contribution in [0.5, 0.6) is 0 Å². The molecule has 1 N–H and O–H groups in total. The molecule has 0 aliphatic rings. The Morgan fingerprint density at radius 3 is 2.17 bits per heavy atom. The Bertz CT molecular complexity index is 683. The summed E-state index contributed by atoms with van der Waals surface area (Å²) in [7, 11) is 0. The quantitative estimate of drug-likeness (QED) is 0.585. The number of hydrogen-bond donors (Lipinski definition) is 1. The molecule has 0 aliphatic carbocycles. The smallest absolute Gasteiger partial charge is 0.331 e. The van der Waals surface area contributed by atoms with Crippen LogP contribution in [-0.4, -0.2) is 17.0 Å². The summed E-state index contributed by atoms with van der Waals surface area (Å²) in [4.78, 5) is 26.1. The van der Waals surface area contributed by atoms with Gasteiger partial charge in [0.05, 0.1) is 0 Å². The molecule has 24 heavy (non-hydrogen) atoms. The minimum absolute atomic E-state index is 0.209. The highest BCUT2D eigenvalue weighted by Gasteiger charge is 2.31. The lowest BCUT2D eigenvalue weighted by Gasteiger charge is -2.29. The summed E-state index contributed by atoms with van der Waals surface area (Å²) in [6.07, 6.45) is 3.40. The van der Waals surface area contributed by atoms with Crippen molar-refractivity contribution in [3.8, 4) is 0 Å². The standard InChI is InChI=1S/C20H21NO3/c1-2-3-6-15-18(22)21(17-13-9-5-10-14-17)19(20(23)24)16-11-7-4-8-12-16/h2,4-5,7-14,19H,1,3,6,15H2,(H,23,24). The Kier molecular flexibility index (Phi) is 6.32. The molecule has 1 amide bonds. The molecule has 1 atom stereocenters. The largest absolute Gasteiger partial charge is 0.479 e. The number of carboxylic acids is 1. The van der Waals surface area contributed by atoms with E-state index in [-0.39, 0.29) is 12.3 Å². The third kappa shape index (κ3) is 4.32. The van der Waals surface area contributed by atoms with E-state index in [2.05, 4.69) is 6.58 Å². The molecule has 0 saturated heterocycles. The number of nitrogens with zero attached hydrogens (tertiary/aromatic N) is 1. The van der Waals surface area contributed by atoms with Gasteiger partial charge in [-0.1, -0.05) is 54.6 Å². The second-order valence-corrected chi connectivity index (χ2v) is 5.43. The Hall–Kier alpha value is -2.88. The number of carbonyl (C=O) groups excluding carboxylic acids is 1. The lowest BCUT2D eigenvalue weighted by Crippen LogP contribution is -2.39. The molecule has 1 unspecified atom stereocenters. The van der Waals surface area contributed by atoms with Gasteiger partial charge in [0.25, 0.3) is 0 Å². The maximum Gasteiger partial charge on any atom is 0.331 e. The van der Waals surface area contributed by atoms with Crippen LogP contribution in [0.25, 0.3) is 0 Å². The number of rotatable bonds is 8. The van der Waals surface area contributed by atoms with E-state index in [0.29, 0.717) is 17.7 Å². The molecule has 0 spiro atoms. The summed E-state index contributed by atoms with van der Waals surface area (Å²) in [6.45, 7) is 3.65. The summed E-state index contributed by atoms with van der Waals surface area (Å²) in [5.74, 6) is -1.26. The lowest BCUT2D eigenvalue weighted by atomic mass is 10.0. The molecule has 0 radical (unpaired) electrons. The Labute approximate surface area is 142 Å². The molecule has 0 aliphatic heterocycles. The Morgan fingerprint density at radius 2 is 1.62 bits per heavy atom. The molecule has 124 valence electrons. The summed E-state index contributed by atoms with van der Waals surface area (Å²) in [5, 5.41) is 9.77. The van der Waals surface area contributed by atoms with Gasteiger partial charge in [-0.2, -0.15) is 0 Å². The van der Waals surface area contributed by atoms with Crippen molar-refractivity contribution in [1.29, 1.82) is 0 Å². The number of anilines is 1. The second-order valence-electron chi connectivity index (χ2n) is 5.43. The van der Waals surface area contributed by atoms with Gasteiger partial charge in [-0.25, -0.2) is 4.79 Å². The Morgan fingerprint density at radius 1 is 1.04 bits per heavy atom. The highest BCUT2D eigenvalue weighted by atomic mass is 16.4. The van der Waals surface area contributed by atoms with Crippen LogP contribution in [0.4, 0.5) is 5.69 Å². The SMILES string of the molecule is C=CCCCC(=O)N(c1ccccc1)C(C(=O)O)c1ccccc1. The van der Waals surface area contributed by atoms with Crippen molar-refractivity contribution >= 4 is 17.6 Å². The molecule has 0 heterocycles. The zero-order valence-electron chi connectivity index (χ0n) is 13.5. The van der Waals surface area contributed by atoms with Crippen molar-refractivity contribution in [2.75, 3.05) is 4.90 Å². The van der Waals surface area contributed by atoms with Crippen molar-refractivity contribution in [1.82, 2.24) is 0 Å². The zero-order valence-corrected chi connectivity index (χ0v) is 13.5. The van der Waals surface area contributed by atoms with Crippen LogP contribution in [0.3, 0.4) is 0 Å². The van der Waals surface area contributed by atoms with Gasteiger partial charge in [-0.05, 0) is 30.5 Å². The molecule has 4 heteroatoms. The minimum atomic E-state index is -1.05. The number of allylic oxidation sites excluding steroid dienone is 1. The summed E-state index contributed by atoms with van der Waals surface area (Å²) in [6, 6.07) is 16.7. The highest BCUT2D eigenvalue weighted by Crippen LogP contribution is 2.28. The number of benzene rings is 2. The maximum absolute atomic E-state index is 12.8. The van der Waals surface area contributed by atoms with E-state index in [1.165, 1.54) is 4.90 Å². The molecule has 0 saturated carbocycles. The van der Waals surface area contributed by atoms with Crippen LogP contribution in [0, 0.1) is 0 Å². The second kappa shape index (κ2) is 8.67. The predicted molar refractivity (Wildman–Crippen MR) is 94.8 cm³/mol. The summed E-state index contributed by atoms with van der Waals surface area (Å²) >= 11 is 0. The van der Waals surface area contributed by atoms with Crippen LogP contribution in [0.2, 0.25) is 0 Å². The summed E-state index contributed by atoms with van der Waals surface area (Å²) < 4.78 is 0. The predicted octanol–water partition coefficient (Wildman–Crippen LogP) is 4.20. The molecule has 2 aromatic rings. The topological polar surface area (TPSA) is 57.6 Å². The van der Waals surface area contributed by atoms with Gasteiger partial charge in [0.15, 0.2) is 6.04 Å². The fraction of sp³-hybridized carbons (Fsp3) is 0.200. The number of amides is 1. The lowest BCUT2D eigenvalue weighted by molar-refractivity contribution is -0.140. The van der Waals surface area contributed by atoms with Crippen molar-refractivity contribution in [2.45, 2.75) is 25.3 Å². The van der Waals surface area contributed by atoms with Gasteiger partial charge in [0, 0.05) is 12.1 Å².